The molecule has 0 saturated carbocycles. The summed E-state index contributed by atoms with van der Waals surface area (Å²) in [6.07, 6.45) is 0. The number of carboxylic acid groups (broad SMARTS) is 1. The van der Waals surface area contributed by atoms with Crippen LogP contribution < -0.4 is 10.6 Å². The van der Waals surface area contributed by atoms with Gasteiger partial charge in [0.05, 0.1) is 6.61 Å². The second-order valence-corrected chi connectivity index (χ2v) is 3.76. The molecule has 0 aromatic rings. The van der Waals surface area contributed by atoms with Crippen molar-refractivity contribution in [2.45, 2.75) is 13.0 Å². The average molecular weight is 247 g/mol. The molecule has 7 nitrogen and oxygen atoms in total. The first-order chi connectivity index (χ1) is 7.97. The van der Waals surface area contributed by atoms with Gasteiger partial charge >= 0.3 is 12.0 Å². The van der Waals surface area contributed by atoms with Crippen LogP contribution in [0.3, 0.4) is 0 Å². The van der Waals surface area contributed by atoms with Crippen LogP contribution in [0.5, 0.6) is 0 Å². The predicted molar refractivity (Wildman–Crippen MR) is 63.0 cm³/mol. The van der Waals surface area contributed by atoms with Gasteiger partial charge in [0.25, 0.3) is 0 Å². The van der Waals surface area contributed by atoms with Crippen LogP contribution in [0, 0.1) is 0 Å². The molecule has 7 heteroatoms. The molecule has 0 bridgehead atoms. The van der Waals surface area contributed by atoms with Gasteiger partial charge in [-0.15, -0.1) is 0 Å². The van der Waals surface area contributed by atoms with Crippen molar-refractivity contribution >= 4 is 12.0 Å². The van der Waals surface area contributed by atoms with Crippen LogP contribution in [0.25, 0.3) is 0 Å². The van der Waals surface area contributed by atoms with Gasteiger partial charge in [-0.3, -0.25) is 4.79 Å². The van der Waals surface area contributed by atoms with Crippen molar-refractivity contribution in [1.29, 1.82) is 0 Å². The topological polar surface area (TPSA) is 90.9 Å². The first-order valence-electron chi connectivity index (χ1n) is 5.42. The number of carbonyl (C=O) groups excluding carboxylic acids is 1. The van der Waals surface area contributed by atoms with E-state index in [4.69, 9.17) is 9.84 Å². The predicted octanol–water partition coefficient (Wildman–Crippen LogP) is -0.663. The van der Waals surface area contributed by atoms with Gasteiger partial charge in [0.1, 0.15) is 6.04 Å². The summed E-state index contributed by atoms with van der Waals surface area (Å²) in [5, 5.41) is 13.5. The molecule has 2 amide bonds. The minimum absolute atomic E-state index is 0.457. The van der Waals surface area contributed by atoms with Crippen molar-refractivity contribution in [3.8, 4) is 0 Å². The first-order valence-corrected chi connectivity index (χ1v) is 5.42. The maximum atomic E-state index is 11.2. The number of ether oxygens (including phenoxy) is 1. The molecule has 0 rings (SSSR count). The Kier molecular flexibility index (Phi) is 8.08. The fraction of sp³-hybridized carbons (Fsp3) is 0.800. The molecule has 0 spiro atoms. The average Bonchev–Trinajstić information content (AvgIpc) is 2.26. The Morgan fingerprint density at radius 1 is 1.41 bits per heavy atom. The monoisotopic (exact) mass is 247 g/mol. The number of hydrogen-bond acceptors (Lipinski definition) is 4. The number of hydrogen-bond donors (Lipinski definition) is 3. The lowest BCUT2D eigenvalue weighted by atomic mass is 10.3. The Morgan fingerprint density at radius 2 is 2.06 bits per heavy atom. The van der Waals surface area contributed by atoms with E-state index in [-0.39, 0.29) is 0 Å². The second-order valence-electron chi connectivity index (χ2n) is 3.76. The minimum atomic E-state index is -1.06. The third-order valence-electron chi connectivity index (χ3n) is 2.17. The Hall–Kier alpha value is -1.34. The summed E-state index contributed by atoms with van der Waals surface area (Å²) in [6.45, 7) is 3.97. The molecule has 0 aliphatic heterocycles. The number of nitrogens with one attached hydrogen (secondary N) is 2. The van der Waals surface area contributed by atoms with Crippen molar-refractivity contribution in [3.63, 3.8) is 0 Å². The van der Waals surface area contributed by atoms with Gasteiger partial charge in [-0.05, 0) is 14.0 Å². The Bertz CT molecular complexity index is 248. The van der Waals surface area contributed by atoms with Crippen molar-refractivity contribution in [3.05, 3.63) is 0 Å². The van der Waals surface area contributed by atoms with Gasteiger partial charge in [-0.2, -0.15) is 0 Å². The highest BCUT2D eigenvalue weighted by molar-refractivity contribution is 5.82. The molecule has 0 heterocycles. The Balaban J connectivity index is 3.60. The van der Waals surface area contributed by atoms with Crippen LogP contribution in [0.15, 0.2) is 0 Å². The zero-order valence-corrected chi connectivity index (χ0v) is 10.5. The van der Waals surface area contributed by atoms with Crippen LogP contribution in [-0.4, -0.2) is 68.4 Å². The molecule has 100 valence electrons. The standard InChI is InChI=1S/C10H21N3O4/c1-8(9(14)15)12-10(16)11-4-5-13(2)6-7-17-3/h8H,4-7H2,1-3H3,(H,14,15)(H2,11,12,16)/t8-/m0/s1. The number of carboxylic acids is 1. The van der Waals surface area contributed by atoms with Crippen molar-refractivity contribution < 1.29 is 19.4 Å². The maximum absolute atomic E-state index is 11.2. The number of methoxy groups -OCH3 is 1. The number of amides is 2. The van der Waals surface area contributed by atoms with Gasteiger partial charge in [0.2, 0.25) is 0 Å². The third kappa shape index (κ3) is 8.47. The van der Waals surface area contributed by atoms with Gasteiger partial charge in [0.15, 0.2) is 0 Å². The third-order valence-corrected chi connectivity index (χ3v) is 2.17. The van der Waals surface area contributed by atoms with E-state index in [0.717, 1.165) is 6.54 Å². The number of rotatable bonds is 8. The number of aliphatic carboxylic acids is 1. The van der Waals surface area contributed by atoms with E-state index in [9.17, 15) is 9.59 Å². The van der Waals surface area contributed by atoms with Crippen molar-refractivity contribution in [2.75, 3.05) is 40.4 Å². The number of likely N-dealkylation sites (N-methyl/N-ethyl adjacent to an activating group) is 1. The SMILES string of the molecule is COCCN(C)CCNC(=O)N[C@@H](C)C(=O)O. The molecular weight excluding hydrogens is 226 g/mol. The lowest BCUT2D eigenvalue weighted by molar-refractivity contribution is -0.138. The fourth-order valence-electron chi connectivity index (χ4n) is 1.03. The van der Waals surface area contributed by atoms with Crippen LogP contribution in [0.2, 0.25) is 0 Å². The Morgan fingerprint density at radius 3 is 2.59 bits per heavy atom. The number of nitrogens with zero attached hydrogens (tertiary/aromatic N) is 1. The van der Waals surface area contributed by atoms with Crippen LogP contribution in [0.1, 0.15) is 6.92 Å². The second kappa shape index (κ2) is 8.77. The van der Waals surface area contributed by atoms with E-state index in [0.29, 0.717) is 19.7 Å². The van der Waals surface area contributed by atoms with Crippen LogP contribution >= 0.6 is 0 Å². The van der Waals surface area contributed by atoms with Gasteiger partial charge in [0, 0.05) is 26.7 Å². The molecule has 0 radical (unpaired) electrons. The highest BCUT2D eigenvalue weighted by Crippen LogP contribution is 1.83. The van der Waals surface area contributed by atoms with E-state index in [1.54, 1.807) is 7.11 Å². The molecule has 3 N–H and O–H groups in total. The van der Waals surface area contributed by atoms with Gasteiger partial charge in [-0.25, -0.2) is 4.79 Å². The minimum Gasteiger partial charge on any atom is -0.480 e. The molecule has 0 aliphatic rings. The zero-order valence-electron chi connectivity index (χ0n) is 10.5. The molecule has 0 saturated heterocycles. The smallest absolute Gasteiger partial charge is 0.325 e. The molecule has 0 fully saturated rings. The quantitative estimate of drug-likeness (QED) is 0.529. The van der Waals surface area contributed by atoms with Crippen molar-refractivity contribution in [1.82, 2.24) is 15.5 Å². The fourth-order valence-corrected chi connectivity index (χ4v) is 1.03. The van der Waals surface area contributed by atoms with Crippen LogP contribution in [-0.2, 0) is 9.53 Å². The van der Waals surface area contributed by atoms with E-state index >= 15 is 0 Å². The molecular formula is C10H21N3O4. The van der Waals surface area contributed by atoms with E-state index in [1.165, 1.54) is 6.92 Å². The summed E-state index contributed by atoms with van der Waals surface area (Å²) in [5.74, 6) is -1.06. The number of urea groups is 1. The first kappa shape index (κ1) is 15.7. The van der Waals surface area contributed by atoms with Gasteiger partial charge in [-0.1, -0.05) is 0 Å². The normalized spacial score (nSPS) is 12.2. The maximum Gasteiger partial charge on any atom is 0.325 e. The molecule has 0 aromatic carbocycles. The largest absolute Gasteiger partial charge is 0.480 e. The van der Waals surface area contributed by atoms with E-state index < -0.39 is 18.0 Å². The van der Waals surface area contributed by atoms with E-state index in [2.05, 4.69) is 10.6 Å². The highest BCUT2D eigenvalue weighted by atomic mass is 16.5. The lowest BCUT2D eigenvalue weighted by Gasteiger charge is -2.16. The van der Waals surface area contributed by atoms with E-state index in [1.807, 2.05) is 11.9 Å². The summed E-state index contributed by atoms with van der Waals surface area (Å²) in [7, 11) is 3.55. The highest BCUT2D eigenvalue weighted by Gasteiger charge is 2.13. The molecule has 0 aromatic heterocycles. The summed E-state index contributed by atoms with van der Waals surface area (Å²) >= 11 is 0. The zero-order chi connectivity index (χ0) is 13.3. The lowest BCUT2D eigenvalue weighted by Crippen LogP contribution is -2.46. The summed E-state index contributed by atoms with van der Waals surface area (Å²) in [4.78, 5) is 23.7. The number of carbonyl (C=O) groups is 2. The van der Waals surface area contributed by atoms with Gasteiger partial charge < -0.3 is 25.4 Å². The summed E-state index contributed by atoms with van der Waals surface area (Å²) in [5.41, 5.74) is 0. The molecule has 17 heavy (non-hydrogen) atoms. The van der Waals surface area contributed by atoms with Crippen LogP contribution in [0.4, 0.5) is 4.79 Å². The molecule has 0 aliphatic carbocycles. The van der Waals surface area contributed by atoms with Crippen molar-refractivity contribution in [2.24, 2.45) is 0 Å². The molecule has 1 atom stereocenters. The summed E-state index contributed by atoms with van der Waals surface area (Å²) in [6, 6.07) is -1.36. The molecule has 0 unspecified atom stereocenters. The Labute approximate surface area is 101 Å². The summed E-state index contributed by atoms with van der Waals surface area (Å²) < 4.78 is 4.91.